The molecular formula is C26H42F4. The fraction of sp³-hybridized carbons (Fsp3) is 1.00. The van der Waals surface area contributed by atoms with Crippen molar-refractivity contribution in [2.24, 2.45) is 41.4 Å². The van der Waals surface area contributed by atoms with Gasteiger partial charge in [0, 0.05) is 12.8 Å². The Morgan fingerprint density at radius 2 is 0.800 bits per heavy atom. The van der Waals surface area contributed by atoms with Crippen molar-refractivity contribution in [3.05, 3.63) is 0 Å². The van der Waals surface area contributed by atoms with Crippen LogP contribution in [0.3, 0.4) is 0 Å². The highest BCUT2D eigenvalue weighted by Gasteiger charge is 2.63. The van der Waals surface area contributed by atoms with Gasteiger partial charge in [-0.1, -0.05) is 32.6 Å². The predicted molar refractivity (Wildman–Crippen MR) is 114 cm³/mol. The number of hydrogen-bond donors (Lipinski definition) is 0. The molecule has 0 unspecified atom stereocenters. The lowest BCUT2D eigenvalue weighted by Crippen LogP contribution is -2.33. The second-order valence-corrected chi connectivity index (χ2v) is 11.5. The Balaban J connectivity index is 1.18. The third kappa shape index (κ3) is 4.87. The van der Waals surface area contributed by atoms with E-state index in [1.54, 1.807) is 0 Å². The maximum atomic E-state index is 13.6. The summed E-state index contributed by atoms with van der Waals surface area (Å²) in [5.74, 6) is -3.58. The van der Waals surface area contributed by atoms with E-state index in [1.807, 2.05) is 0 Å². The van der Waals surface area contributed by atoms with Gasteiger partial charge in [-0.05, 0) is 106 Å². The largest absolute Gasteiger partial charge is 0.310 e. The normalized spacial score (nSPS) is 42.3. The minimum Gasteiger partial charge on any atom is -0.200 e. The van der Waals surface area contributed by atoms with Crippen molar-refractivity contribution in [1.29, 1.82) is 0 Å². The molecule has 0 atom stereocenters. The minimum atomic E-state index is -3.79. The van der Waals surface area contributed by atoms with Gasteiger partial charge in [0.1, 0.15) is 0 Å². The second-order valence-electron chi connectivity index (χ2n) is 11.5. The molecule has 4 aliphatic rings. The zero-order valence-electron chi connectivity index (χ0n) is 18.9. The number of halogens is 4. The van der Waals surface area contributed by atoms with Crippen molar-refractivity contribution in [2.45, 2.75) is 122 Å². The molecule has 0 N–H and O–H groups in total. The third-order valence-corrected chi connectivity index (χ3v) is 9.79. The lowest BCUT2D eigenvalue weighted by molar-refractivity contribution is -0.185. The Labute approximate surface area is 181 Å². The first-order chi connectivity index (χ1) is 14.3. The van der Waals surface area contributed by atoms with E-state index in [9.17, 15) is 17.6 Å². The molecule has 0 aromatic heterocycles. The van der Waals surface area contributed by atoms with Crippen LogP contribution in [0.4, 0.5) is 17.6 Å². The Kier molecular flexibility index (Phi) is 7.10. The van der Waals surface area contributed by atoms with E-state index in [0.717, 1.165) is 49.4 Å². The average molecular weight is 431 g/mol. The smallest absolute Gasteiger partial charge is 0.200 e. The van der Waals surface area contributed by atoms with Gasteiger partial charge >= 0.3 is 11.8 Å². The summed E-state index contributed by atoms with van der Waals surface area (Å²) < 4.78 is 54.4. The quantitative estimate of drug-likeness (QED) is 0.382. The first kappa shape index (κ1) is 22.9. The van der Waals surface area contributed by atoms with Gasteiger partial charge in [-0.15, -0.1) is 0 Å². The molecule has 0 amide bonds. The van der Waals surface area contributed by atoms with E-state index in [-0.39, 0.29) is 5.92 Å². The first-order valence-electron chi connectivity index (χ1n) is 13.0. The Morgan fingerprint density at radius 3 is 1.13 bits per heavy atom. The molecule has 4 fully saturated rings. The molecule has 0 radical (unpaired) electrons. The SMILES string of the molecule is CCCC1CCC(C2CCC(C3CCC(C4CC(F)(F)C(F)(F)C4)CC3)CC2)CC1. The summed E-state index contributed by atoms with van der Waals surface area (Å²) in [6.07, 6.45) is 16.7. The van der Waals surface area contributed by atoms with Crippen LogP contribution in [-0.2, 0) is 0 Å². The molecule has 0 aromatic carbocycles. The summed E-state index contributed by atoms with van der Waals surface area (Å²) in [4.78, 5) is 0. The zero-order chi connectivity index (χ0) is 21.4. The van der Waals surface area contributed by atoms with Crippen LogP contribution in [0.2, 0.25) is 0 Å². The molecule has 4 heteroatoms. The monoisotopic (exact) mass is 430 g/mol. The molecule has 4 aliphatic carbocycles. The maximum Gasteiger partial charge on any atom is 0.310 e. The number of alkyl halides is 4. The van der Waals surface area contributed by atoms with Crippen LogP contribution in [0.15, 0.2) is 0 Å². The summed E-state index contributed by atoms with van der Waals surface area (Å²) in [7, 11) is 0. The van der Waals surface area contributed by atoms with E-state index in [0.29, 0.717) is 5.92 Å². The first-order valence-corrected chi connectivity index (χ1v) is 13.0. The van der Waals surface area contributed by atoms with Gasteiger partial charge in [-0.2, -0.15) is 17.6 Å². The van der Waals surface area contributed by atoms with Crippen molar-refractivity contribution in [1.82, 2.24) is 0 Å². The molecule has 0 heterocycles. The van der Waals surface area contributed by atoms with Gasteiger partial charge in [-0.25, -0.2) is 0 Å². The van der Waals surface area contributed by atoms with E-state index >= 15 is 0 Å². The van der Waals surface area contributed by atoms with Crippen LogP contribution in [-0.4, -0.2) is 11.8 Å². The molecule has 4 saturated carbocycles. The molecule has 174 valence electrons. The molecule has 0 aliphatic heterocycles. The summed E-state index contributed by atoms with van der Waals surface area (Å²) in [5, 5.41) is 0. The molecule has 30 heavy (non-hydrogen) atoms. The number of hydrogen-bond acceptors (Lipinski definition) is 0. The van der Waals surface area contributed by atoms with E-state index in [1.165, 1.54) is 64.2 Å². The zero-order valence-corrected chi connectivity index (χ0v) is 18.9. The Morgan fingerprint density at radius 1 is 0.500 bits per heavy atom. The van der Waals surface area contributed by atoms with Gasteiger partial charge in [0.2, 0.25) is 0 Å². The molecule has 0 saturated heterocycles. The Hall–Kier alpha value is -0.280. The van der Waals surface area contributed by atoms with Crippen molar-refractivity contribution in [3.63, 3.8) is 0 Å². The highest BCUT2D eigenvalue weighted by atomic mass is 19.3. The summed E-state index contributed by atoms with van der Waals surface area (Å²) in [6, 6.07) is 0. The van der Waals surface area contributed by atoms with Crippen LogP contribution in [0.5, 0.6) is 0 Å². The maximum absolute atomic E-state index is 13.6. The molecular weight excluding hydrogens is 388 g/mol. The summed E-state index contributed by atoms with van der Waals surface area (Å²) in [6.45, 7) is 2.30. The van der Waals surface area contributed by atoms with Crippen molar-refractivity contribution < 1.29 is 17.6 Å². The van der Waals surface area contributed by atoms with E-state index in [2.05, 4.69) is 6.92 Å². The van der Waals surface area contributed by atoms with Crippen LogP contribution in [0.25, 0.3) is 0 Å². The van der Waals surface area contributed by atoms with Crippen molar-refractivity contribution in [3.8, 4) is 0 Å². The van der Waals surface area contributed by atoms with E-state index in [4.69, 9.17) is 0 Å². The fourth-order valence-corrected chi connectivity index (χ4v) is 7.89. The predicted octanol–water partition coefficient (Wildman–Crippen LogP) is 8.89. The molecule has 0 spiro atoms. The van der Waals surface area contributed by atoms with Gasteiger partial charge in [-0.3, -0.25) is 0 Å². The molecule has 0 bridgehead atoms. The van der Waals surface area contributed by atoms with Crippen LogP contribution >= 0.6 is 0 Å². The summed E-state index contributed by atoms with van der Waals surface area (Å²) >= 11 is 0. The average Bonchev–Trinajstić information content (AvgIpc) is 2.96. The Bertz CT molecular complexity index is 519. The minimum absolute atomic E-state index is 0.0927. The topological polar surface area (TPSA) is 0 Å². The van der Waals surface area contributed by atoms with Crippen LogP contribution in [0, 0.1) is 41.4 Å². The van der Waals surface area contributed by atoms with Crippen LogP contribution in [0.1, 0.15) is 110 Å². The van der Waals surface area contributed by atoms with Gasteiger partial charge < -0.3 is 0 Å². The molecule has 0 nitrogen and oxygen atoms in total. The lowest BCUT2D eigenvalue weighted by atomic mass is 9.64. The highest BCUT2D eigenvalue weighted by molar-refractivity contribution is 4.99. The van der Waals surface area contributed by atoms with Crippen molar-refractivity contribution >= 4 is 0 Å². The second kappa shape index (κ2) is 9.30. The standard InChI is InChI=1S/C26H42F4/c1-2-3-18-4-6-19(7-5-18)20-8-10-21(11-9-20)22-12-14-23(15-13-22)24-16-25(27,28)26(29,30)17-24/h18-24H,2-17H2,1H3. The highest BCUT2D eigenvalue weighted by Crippen LogP contribution is 2.55. The van der Waals surface area contributed by atoms with E-state index < -0.39 is 30.6 Å². The van der Waals surface area contributed by atoms with Gasteiger partial charge in [0.15, 0.2) is 0 Å². The van der Waals surface area contributed by atoms with Crippen LogP contribution < -0.4 is 0 Å². The van der Waals surface area contributed by atoms with Crippen molar-refractivity contribution in [2.75, 3.05) is 0 Å². The number of rotatable bonds is 5. The third-order valence-electron chi connectivity index (χ3n) is 9.79. The van der Waals surface area contributed by atoms with Gasteiger partial charge in [0.25, 0.3) is 0 Å². The van der Waals surface area contributed by atoms with Gasteiger partial charge in [0.05, 0.1) is 0 Å². The fourth-order valence-electron chi connectivity index (χ4n) is 7.89. The molecule has 4 rings (SSSR count). The molecule has 0 aromatic rings. The lowest BCUT2D eigenvalue weighted by Gasteiger charge is -2.42. The summed E-state index contributed by atoms with van der Waals surface area (Å²) in [5.41, 5.74) is 0.